The second-order valence-corrected chi connectivity index (χ2v) is 3.88. The second-order valence-electron chi connectivity index (χ2n) is 3.88. The first-order valence-electron chi connectivity index (χ1n) is 5.79. The lowest BCUT2D eigenvalue weighted by atomic mass is 10.1. The summed E-state index contributed by atoms with van der Waals surface area (Å²) in [4.78, 5) is 9.80. The number of hydrogen-bond acceptors (Lipinski definition) is 3. The van der Waals surface area contributed by atoms with E-state index in [1.807, 2.05) is 6.92 Å². The number of rotatable bonds is 4. The maximum absolute atomic E-state index is 13.5. The van der Waals surface area contributed by atoms with Crippen LogP contribution in [0.4, 0.5) is 10.1 Å². The molecule has 0 heterocycles. The molecule has 2 rings (SSSR count). The molecule has 2 aromatic carbocycles. The normalized spacial score (nSPS) is 10.2. The van der Waals surface area contributed by atoms with Crippen LogP contribution in [0.1, 0.15) is 6.92 Å². The number of hydrogen-bond donors (Lipinski definition) is 0. The molecule has 4 nitrogen and oxygen atoms in total. The Morgan fingerprint density at radius 2 is 1.79 bits per heavy atom. The van der Waals surface area contributed by atoms with Gasteiger partial charge in [-0.3, -0.25) is 10.1 Å². The monoisotopic (exact) mass is 261 g/mol. The van der Waals surface area contributed by atoms with E-state index < -0.39 is 16.4 Å². The first-order chi connectivity index (χ1) is 9.11. The van der Waals surface area contributed by atoms with Crippen LogP contribution < -0.4 is 4.74 Å². The van der Waals surface area contributed by atoms with Crippen molar-refractivity contribution in [2.75, 3.05) is 6.61 Å². The summed E-state index contributed by atoms with van der Waals surface area (Å²) < 4.78 is 18.8. The second kappa shape index (κ2) is 5.48. The van der Waals surface area contributed by atoms with Crippen LogP contribution in [0.15, 0.2) is 42.5 Å². The predicted molar refractivity (Wildman–Crippen MR) is 69.7 cm³/mol. The van der Waals surface area contributed by atoms with Gasteiger partial charge in [0.1, 0.15) is 5.75 Å². The number of nitro groups is 1. The van der Waals surface area contributed by atoms with Crippen LogP contribution in [-0.4, -0.2) is 11.5 Å². The first-order valence-corrected chi connectivity index (χ1v) is 5.79. The van der Waals surface area contributed by atoms with Crippen molar-refractivity contribution in [2.45, 2.75) is 6.92 Å². The van der Waals surface area contributed by atoms with E-state index in [0.29, 0.717) is 12.2 Å². The third kappa shape index (κ3) is 2.88. The molecule has 0 unspecified atom stereocenters. The van der Waals surface area contributed by atoms with Crippen LogP contribution in [0.5, 0.6) is 5.75 Å². The highest BCUT2D eigenvalue weighted by molar-refractivity contribution is 5.65. The van der Waals surface area contributed by atoms with Gasteiger partial charge >= 0.3 is 5.69 Å². The van der Waals surface area contributed by atoms with Crippen LogP contribution >= 0.6 is 0 Å². The molecule has 98 valence electrons. The third-order valence-corrected chi connectivity index (χ3v) is 2.64. The topological polar surface area (TPSA) is 52.4 Å². The van der Waals surface area contributed by atoms with Crippen molar-refractivity contribution in [2.24, 2.45) is 0 Å². The fourth-order valence-corrected chi connectivity index (χ4v) is 1.74. The highest BCUT2D eigenvalue weighted by atomic mass is 19.1. The summed E-state index contributed by atoms with van der Waals surface area (Å²) in [6.07, 6.45) is 0. The molecule has 0 aromatic heterocycles. The van der Waals surface area contributed by atoms with Crippen molar-refractivity contribution < 1.29 is 14.1 Å². The van der Waals surface area contributed by atoms with Gasteiger partial charge in [-0.05, 0) is 42.3 Å². The Morgan fingerprint density at radius 1 is 1.16 bits per heavy atom. The average molecular weight is 261 g/mol. The summed E-state index contributed by atoms with van der Waals surface area (Å²) >= 11 is 0. The van der Waals surface area contributed by atoms with Crippen molar-refractivity contribution in [1.82, 2.24) is 0 Å². The van der Waals surface area contributed by atoms with Gasteiger partial charge in [0.25, 0.3) is 0 Å². The lowest BCUT2D eigenvalue weighted by molar-refractivity contribution is -0.387. The Morgan fingerprint density at radius 3 is 2.32 bits per heavy atom. The van der Waals surface area contributed by atoms with Crippen LogP contribution in [0, 0.1) is 15.9 Å². The number of nitro benzene ring substituents is 1. The van der Waals surface area contributed by atoms with Crippen LogP contribution in [-0.2, 0) is 0 Å². The molecule has 0 spiro atoms. The van der Waals surface area contributed by atoms with Gasteiger partial charge < -0.3 is 4.74 Å². The lowest BCUT2D eigenvalue weighted by Gasteiger charge is -2.05. The summed E-state index contributed by atoms with van der Waals surface area (Å²) in [5, 5.41) is 10.5. The maximum atomic E-state index is 13.5. The number of ether oxygens (including phenoxy) is 1. The van der Waals surface area contributed by atoms with Crippen LogP contribution in [0.25, 0.3) is 11.1 Å². The molecule has 0 fully saturated rings. The molecule has 0 aliphatic heterocycles. The molecular weight excluding hydrogens is 249 g/mol. The van der Waals surface area contributed by atoms with E-state index in [1.165, 1.54) is 12.1 Å². The fraction of sp³-hybridized carbons (Fsp3) is 0.143. The smallest absolute Gasteiger partial charge is 0.304 e. The van der Waals surface area contributed by atoms with E-state index in [1.54, 1.807) is 24.3 Å². The summed E-state index contributed by atoms with van der Waals surface area (Å²) in [6, 6.07) is 11.0. The molecule has 0 aliphatic rings. The number of nitrogens with zero attached hydrogens (tertiary/aromatic N) is 1. The molecule has 0 atom stereocenters. The van der Waals surface area contributed by atoms with Crippen molar-refractivity contribution >= 4 is 5.69 Å². The Kier molecular flexibility index (Phi) is 3.75. The van der Waals surface area contributed by atoms with E-state index in [9.17, 15) is 14.5 Å². The van der Waals surface area contributed by atoms with Gasteiger partial charge in [0.15, 0.2) is 0 Å². The van der Waals surface area contributed by atoms with Crippen molar-refractivity contribution in [3.63, 3.8) is 0 Å². The minimum atomic E-state index is -0.837. The van der Waals surface area contributed by atoms with Gasteiger partial charge in [0.2, 0.25) is 5.82 Å². The third-order valence-electron chi connectivity index (χ3n) is 2.64. The Labute approximate surface area is 109 Å². The zero-order valence-electron chi connectivity index (χ0n) is 10.3. The molecule has 2 aromatic rings. The molecule has 19 heavy (non-hydrogen) atoms. The standard InChI is InChI=1S/C14H12FNO3/c1-2-19-12-6-3-10(4-7-12)11-5-8-14(16(17)18)13(15)9-11/h3-9H,2H2,1H3. The summed E-state index contributed by atoms with van der Waals surface area (Å²) in [6.45, 7) is 2.46. The van der Waals surface area contributed by atoms with Crippen LogP contribution in [0.3, 0.4) is 0 Å². The van der Waals surface area contributed by atoms with Gasteiger partial charge in [-0.25, -0.2) is 0 Å². The molecule has 0 amide bonds. The number of halogens is 1. The van der Waals surface area contributed by atoms with E-state index in [-0.39, 0.29) is 0 Å². The van der Waals surface area contributed by atoms with E-state index in [0.717, 1.165) is 17.4 Å². The molecule has 0 saturated heterocycles. The van der Waals surface area contributed by atoms with Crippen LogP contribution in [0.2, 0.25) is 0 Å². The molecule has 0 aliphatic carbocycles. The molecule has 0 bridgehead atoms. The van der Waals surface area contributed by atoms with Crippen molar-refractivity contribution in [3.8, 4) is 16.9 Å². The average Bonchev–Trinajstić information content (AvgIpc) is 2.39. The minimum Gasteiger partial charge on any atom is -0.494 e. The Balaban J connectivity index is 2.31. The summed E-state index contributed by atoms with van der Waals surface area (Å²) in [7, 11) is 0. The quantitative estimate of drug-likeness (QED) is 0.621. The highest BCUT2D eigenvalue weighted by Gasteiger charge is 2.14. The zero-order chi connectivity index (χ0) is 13.8. The van der Waals surface area contributed by atoms with E-state index >= 15 is 0 Å². The molecule has 5 heteroatoms. The van der Waals surface area contributed by atoms with Gasteiger partial charge in [0.05, 0.1) is 11.5 Å². The van der Waals surface area contributed by atoms with E-state index in [2.05, 4.69) is 0 Å². The Hall–Kier alpha value is -2.43. The summed E-state index contributed by atoms with van der Waals surface area (Å²) in [5.41, 5.74) is 0.845. The SMILES string of the molecule is CCOc1ccc(-c2ccc([N+](=O)[O-])c(F)c2)cc1. The van der Waals surface area contributed by atoms with Crippen molar-refractivity contribution in [3.05, 3.63) is 58.4 Å². The predicted octanol–water partition coefficient (Wildman–Crippen LogP) is 3.80. The largest absolute Gasteiger partial charge is 0.494 e. The lowest BCUT2D eigenvalue weighted by Crippen LogP contribution is -1.93. The first kappa shape index (κ1) is 13.0. The van der Waals surface area contributed by atoms with Crippen molar-refractivity contribution in [1.29, 1.82) is 0 Å². The molecule has 0 saturated carbocycles. The fourth-order valence-electron chi connectivity index (χ4n) is 1.74. The maximum Gasteiger partial charge on any atom is 0.304 e. The van der Waals surface area contributed by atoms with Gasteiger partial charge in [-0.1, -0.05) is 12.1 Å². The van der Waals surface area contributed by atoms with Gasteiger partial charge in [-0.2, -0.15) is 4.39 Å². The summed E-state index contributed by atoms with van der Waals surface area (Å²) in [5.74, 6) is -0.106. The minimum absolute atomic E-state index is 0.519. The zero-order valence-corrected chi connectivity index (χ0v) is 10.3. The van der Waals surface area contributed by atoms with Gasteiger partial charge in [0, 0.05) is 6.07 Å². The van der Waals surface area contributed by atoms with Gasteiger partial charge in [-0.15, -0.1) is 0 Å². The Bertz CT molecular complexity index is 596. The highest BCUT2D eigenvalue weighted by Crippen LogP contribution is 2.26. The molecule has 0 radical (unpaired) electrons. The van der Waals surface area contributed by atoms with E-state index in [4.69, 9.17) is 4.74 Å². The molecular formula is C14H12FNO3. The number of benzene rings is 2. The molecule has 0 N–H and O–H groups in total.